The Morgan fingerprint density at radius 1 is 1.10 bits per heavy atom. The molecular formula is C23H29BrN2O3. The second-order valence-corrected chi connectivity index (χ2v) is 7.74. The van der Waals surface area contributed by atoms with Gasteiger partial charge in [-0.2, -0.15) is 0 Å². The first-order chi connectivity index (χ1) is 14.0. The minimum atomic E-state index is -0.594. The molecule has 0 aliphatic rings. The fourth-order valence-corrected chi connectivity index (χ4v) is 3.40. The van der Waals surface area contributed by atoms with Crippen LogP contribution < -0.4 is 10.1 Å². The van der Waals surface area contributed by atoms with Crippen LogP contribution in [0.1, 0.15) is 38.3 Å². The number of carbonyl (C=O) groups excluding carboxylic acids is 2. The Morgan fingerprint density at radius 3 is 2.45 bits per heavy atom. The fraction of sp³-hybridized carbons (Fsp3) is 0.391. The highest BCUT2D eigenvalue weighted by atomic mass is 79.9. The number of amides is 2. The van der Waals surface area contributed by atoms with Gasteiger partial charge in [-0.25, -0.2) is 0 Å². The molecular weight excluding hydrogens is 432 g/mol. The molecule has 2 rings (SSSR count). The summed E-state index contributed by atoms with van der Waals surface area (Å²) in [5, 5.41) is 2.87. The number of carbonyl (C=O) groups is 2. The summed E-state index contributed by atoms with van der Waals surface area (Å²) in [6.07, 6.45) is 1.77. The maximum atomic E-state index is 13.0. The summed E-state index contributed by atoms with van der Waals surface area (Å²) in [4.78, 5) is 27.0. The molecule has 0 radical (unpaired) electrons. The summed E-state index contributed by atoms with van der Waals surface area (Å²) in [5.74, 6) is 0.211. The van der Waals surface area contributed by atoms with Crippen LogP contribution in [0.5, 0.6) is 5.75 Å². The number of aryl methyl sites for hydroxylation is 1. The fourth-order valence-electron chi connectivity index (χ4n) is 2.86. The smallest absolute Gasteiger partial charge is 0.261 e. The molecule has 0 saturated heterocycles. The highest BCUT2D eigenvalue weighted by molar-refractivity contribution is 9.10. The molecule has 0 fully saturated rings. The van der Waals surface area contributed by atoms with Gasteiger partial charge in [0.25, 0.3) is 5.91 Å². The van der Waals surface area contributed by atoms with E-state index in [1.54, 1.807) is 11.8 Å². The minimum absolute atomic E-state index is 0.137. The van der Waals surface area contributed by atoms with E-state index in [4.69, 9.17) is 4.74 Å². The Morgan fingerprint density at radius 2 is 1.83 bits per heavy atom. The van der Waals surface area contributed by atoms with Crippen molar-refractivity contribution in [3.8, 4) is 5.75 Å². The maximum Gasteiger partial charge on any atom is 0.261 e. The van der Waals surface area contributed by atoms with E-state index in [0.717, 1.165) is 22.9 Å². The Hall–Kier alpha value is -2.34. The molecule has 156 valence electrons. The Kier molecular flexibility index (Phi) is 9.19. The van der Waals surface area contributed by atoms with Crippen LogP contribution in [-0.2, 0) is 22.6 Å². The van der Waals surface area contributed by atoms with Crippen molar-refractivity contribution < 1.29 is 14.3 Å². The SMILES string of the molecule is CCCNC(=O)[C@@H](C)N(Cc1ccccc1)C(=O)COc1ccc(CC)cc1Br. The van der Waals surface area contributed by atoms with Gasteiger partial charge in [0, 0.05) is 13.1 Å². The van der Waals surface area contributed by atoms with Crippen molar-refractivity contribution in [1.29, 1.82) is 0 Å². The second-order valence-electron chi connectivity index (χ2n) is 6.88. The first kappa shape index (κ1) is 22.9. The van der Waals surface area contributed by atoms with Crippen LogP contribution in [0.3, 0.4) is 0 Å². The number of nitrogens with zero attached hydrogens (tertiary/aromatic N) is 1. The highest BCUT2D eigenvalue weighted by Crippen LogP contribution is 2.26. The summed E-state index contributed by atoms with van der Waals surface area (Å²) in [5.41, 5.74) is 2.15. The summed E-state index contributed by atoms with van der Waals surface area (Å²) >= 11 is 3.50. The molecule has 0 saturated carbocycles. The van der Waals surface area contributed by atoms with Crippen LogP contribution in [0.4, 0.5) is 0 Å². The monoisotopic (exact) mass is 460 g/mol. The van der Waals surface area contributed by atoms with E-state index in [1.165, 1.54) is 5.56 Å². The molecule has 0 aromatic heterocycles. The average Bonchev–Trinajstić information content (AvgIpc) is 2.74. The van der Waals surface area contributed by atoms with Crippen LogP contribution in [0, 0.1) is 0 Å². The zero-order chi connectivity index (χ0) is 21.2. The van der Waals surface area contributed by atoms with Crippen molar-refractivity contribution in [3.63, 3.8) is 0 Å². The summed E-state index contributed by atoms with van der Waals surface area (Å²) in [6.45, 7) is 6.62. The third-order valence-corrected chi connectivity index (χ3v) is 5.29. The van der Waals surface area contributed by atoms with Crippen LogP contribution in [0.2, 0.25) is 0 Å². The Balaban J connectivity index is 2.11. The molecule has 6 heteroatoms. The number of ether oxygens (including phenoxy) is 1. The predicted octanol–water partition coefficient (Wildman–Crippen LogP) is 4.33. The van der Waals surface area contributed by atoms with Gasteiger partial charge in [0.15, 0.2) is 6.61 Å². The van der Waals surface area contributed by atoms with Gasteiger partial charge in [0.05, 0.1) is 4.47 Å². The molecule has 1 atom stereocenters. The first-order valence-electron chi connectivity index (χ1n) is 9.98. The molecule has 0 unspecified atom stereocenters. The van der Waals surface area contributed by atoms with E-state index in [-0.39, 0.29) is 18.4 Å². The summed E-state index contributed by atoms with van der Waals surface area (Å²) in [7, 11) is 0. The maximum absolute atomic E-state index is 13.0. The molecule has 2 aromatic rings. The molecule has 1 N–H and O–H groups in total. The van der Waals surface area contributed by atoms with Gasteiger partial charge in [-0.1, -0.05) is 50.2 Å². The van der Waals surface area contributed by atoms with E-state index < -0.39 is 6.04 Å². The molecule has 0 aliphatic carbocycles. The van der Waals surface area contributed by atoms with E-state index in [2.05, 4.69) is 28.2 Å². The van der Waals surface area contributed by atoms with Crippen molar-refractivity contribution in [1.82, 2.24) is 10.2 Å². The Bertz CT molecular complexity index is 811. The normalized spacial score (nSPS) is 11.6. The lowest BCUT2D eigenvalue weighted by Gasteiger charge is -2.28. The zero-order valence-corrected chi connectivity index (χ0v) is 18.9. The van der Waals surface area contributed by atoms with E-state index in [1.807, 2.05) is 55.5 Å². The lowest BCUT2D eigenvalue weighted by atomic mass is 10.1. The van der Waals surface area contributed by atoms with Gasteiger partial charge in [-0.15, -0.1) is 0 Å². The van der Waals surface area contributed by atoms with Crippen LogP contribution >= 0.6 is 15.9 Å². The van der Waals surface area contributed by atoms with Crippen LogP contribution in [0.25, 0.3) is 0 Å². The van der Waals surface area contributed by atoms with E-state index >= 15 is 0 Å². The topological polar surface area (TPSA) is 58.6 Å². The molecule has 0 heterocycles. The van der Waals surface area contributed by atoms with Crippen molar-refractivity contribution in [2.24, 2.45) is 0 Å². The van der Waals surface area contributed by atoms with Gasteiger partial charge >= 0.3 is 0 Å². The summed E-state index contributed by atoms with van der Waals surface area (Å²) < 4.78 is 6.57. The van der Waals surface area contributed by atoms with Crippen molar-refractivity contribution in [2.45, 2.75) is 46.2 Å². The number of halogens is 1. The molecule has 5 nitrogen and oxygen atoms in total. The second kappa shape index (κ2) is 11.6. The van der Waals surface area contributed by atoms with E-state index in [9.17, 15) is 9.59 Å². The average molecular weight is 461 g/mol. The van der Waals surface area contributed by atoms with Gasteiger partial charge < -0.3 is 15.0 Å². The third-order valence-electron chi connectivity index (χ3n) is 4.67. The number of rotatable bonds is 10. The highest BCUT2D eigenvalue weighted by Gasteiger charge is 2.26. The molecule has 0 bridgehead atoms. The van der Waals surface area contributed by atoms with Gasteiger partial charge in [0.1, 0.15) is 11.8 Å². The number of hydrogen-bond donors (Lipinski definition) is 1. The Labute approximate surface area is 181 Å². The molecule has 2 aromatic carbocycles. The number of nitrogens with one attached hydrogen (secondary N) is 1. The zero-order valence-electron chi connectivity index (χ0n) is 17.3. The lowest BCUT2D eigenvalue weighted by molar-refractivity contribution is -0.142. The largest absolute Gasteiger partial charge is 0.483 e. The number of hydrogen-bond acceptors (Lipinski definition) is 3. The lowest BCUT2D eigenvalue weighted by Crippen LogP contribution is -2.49. The molecule has 29 heavy (non-hydrogen) atoms. The van der Waals surface area contributed by atoms with E-state index in [0.29, 0.717) is 18.8 Å². The van der Waals surface area contributed by atoms with Crippen molar-refractivity contribution >= 4 is 27.7 Å². The summed E-state index contributed by atoms with van der Waals surface area (Å²) in [6, 6.07) is 14.9. The van der Waals surface area contributed by atoms with Crippen LogP contribution in [-0.4, -0.2) is 35.9 Å². The third kappa shape index (κ3) is 6.89. The quantitative estimate of drug-likeness (QED) is 0.573. The molecule has 0 aliphatic heterocycles. The van der Waals surface area contributed by atoms with Crippen molar-refractivity contribution in [2.75, 3.05) is 13.2 Å². The van der Waals surface area contributed by atoms with Gasteiger partial charge in [0.2, 0.25) is 5.91 Å². The molecule has 0 spiro atoms. The molecule has 2 amide bonds. The minimum Gasteiger partial charge on any atom is -0.483 e. The first-order valence-corrected chi connectivity index (χ1v) is 10.8. The standard InChI is InChI=1S/C23H29BrN2O3/c1-4-13-25-23(28)17(3)26(15-19-9-7-6-8-10-19)22(27)16-29-21-12-11-18(5-2)14-20(21)24/h6-12,14,17H,4-5,13,15-16H2,1-3H3,(H,25,28)/t17-/m1/s1. The van der Waals surface area contributed by atoms with Gasteiger partial charge in [-0.05, 0) is 59.0 Å². The van der Waals surface area contributed by atoms with Crippen LogP contribution in [0.15, 0.2) is 53.0 Å². The van der Waals surface area contributed by atoms with Gasteiger partial charge in [-0.3, -0.25) is 9.59 Å². The number of benzene rings is 2. The van der Waals surface area contributed by atoms with Crippen molar-refractivity contribution in [3.05, 3.63) is 64.1 Å². The predicted molar refractivity (Wildman–Crippen MR) is 119 cm³/mol.